The number of fused-ring (bicyclic) bond motifs is 1. The first-order valence-corrected chi connectivity index (χ1v) is 6.41. The fourth-order valence-corrected chi connectivity index (χ4v) is 2.68. The maximum atomic E-state index is 12.3. The summed E-state index contributed by atoms with van der Waals surface area (Å²) in [6.07, 6.45) is 0.640. The molecule has 3 rings (SSSR count). The third-order valence-corrected chi connectivity index (χ3v) is 3.73. The van der Waals surface area contributed by atoms with Gasteiger partial charge in [-0.15, -0.1) is 0 Å². The molecule has 0 aliphatic carbocycles. The van der Waals surface area contributed by atoms with Crippen LogP contribution in [0.15, 0.2) is 18.2 Å². The van der Waals surface area contributed by atoms with Crippen molar-refractivity contribution in [1.82, 2.24) is 10.2 Å². The van der Waals surface area contributed by atoms with Gasteiger partial charge in [0.25, 0.3) is 5.91 Å². The summed E-state index contributed by atoms with van der Waals surface area (Å²) in [6.45, 7) is 0.373. The highest BCUT2D eigenvalue weighted by atomic mass is 16.5. The first kappa shape index (κ1) is 12.7. The van der Waals surface area contributed by atoms with Crippen molar-refractivity contribution in [3.05, 3.63) is 29.3 Å². The third kappa shape index (κ3) is 1.93. The largest absolute Gasteiger partial charge is 0.497 e. The number of rotatable bonds is 2. The van der Waals surface area contributed by atoms with E-state index in [1.807, 2.05) is 0 Å². The quantitative estimate of drug-likeness (QED) is 0.795. The normalized spacial score (nSPS) is 21.8. The molecule has 104 valence electrons. The first-order valence-electron chi connectivity index (χ1n) is 6.41. The number of carbonyl (C=O) groups excluding carboxylic acids is 3. The number of nitrogens with zero attached hydrogens (tertiary/aromatic N) is 1. The average molecular weight is 274 g/mol. The van der Waals surface area contributed by atoms with Crippen LogP contribution in [-0.4, -0.2) is 35.8 Å². The summed E-state index contributed by atoms with van der Waals surface area (Å²) in [5.41, 5.74) is 1.44. The van der Waals surface area contributed by atoms with E-state index >= 15 is 0 Å². The topological polar surface area (TPSA) is 75.7 Å². The second-order valence-corrected chi connectivity index (χ2v) is 4.92. The van der Waals surface area contributed by atoms with Crippen LogP contribution in [0.4, 0.5) is 0 Å². The number of hydrogen-bond acceptors (Lipinski definition) is 4. The molecule has 1 atom stereocenters. The average Bonchev–Trinajstić information content (AvgIpc) is 2.75. The van der Waals surface area contributed by atoms with Crippen LogP contribution in [0.2, 0.25) is 0 Å². The van der Waals surface area contributed by atoms with Gasteiger partial charge in [0.2, 0.25) is 11.8 Å². The summed E-state index contributed by atoms with van der Waals surface area (Å²) in [6, 6.07) is 4.67. The molecule has 0 bridgehead atoms. The van der Waals surface area contributed by atoms with Crippen molar-refractivity contribution in [3.63, 3.8) is 0 Å². The minimum atomic E-state index is -0.571. The third-order valence-electron chi connectivity index (χ3n) is 3.73. The first-order chi connectivity index (χ1) is 9.60. The van der Waals surface area contributed by atoms with E-state index in [1.165, 1.54) is 4.90 Å². The molecule has 3 amide bonds. The van der Waals surface area contributed by atoms with Crippen LogP contribution in [-0.2, 0) is 16.1 Å². The van der Waals surface area contributed by atoms with Crippen LogP contribution in [0.3, 0.4) is 0 Å². The van der Waals surface area contributed by atoms with E-state index < -0.39 is 11.9 Å². The molecule has 20 heavy (non-hydrogen) atoms. The zero-order valence-electron chi connectivity index (χ0n) is 11.0. The molecule has 1 fully saturated rings. The van der Waals surface area contributed by atoms with E-state index in [0.717, 1.165) is 5.56 Å². The van der Waals surface area contributed by atoms with Crippen molar-refractivity contribution in [1.29, 1.82) is 0 Å². The Labute approximate surface area is 115 Å². The summed E-state index contributed by atoms with van der Waals surface area (Å²) in [5.74, 6) is -0.162. The molecule has 2 aliphatic rings. The Bertz CT molecular complexity index is 611. The van der Waals surface area contributed by atoms with Crippen molar-refractivity contribution < 1.29 is 19.1 Å². The zero-order valence-corrected chi connectivity index (χ0v) is 11.0. The fraction of sp³-hybridized carbons (Fsp3) is 0.357. The van der Waals surface area contributed by atoms with Gasteiger partial charge in [0.15, 0.2) is 0 Å². The van der Waals surface area contributed by atoms with Crippen LogP contribution < -0.4 is 10.1 Å². The van der Waals surface area contributed by atoms with Crippen molar-refractivity contribution >= 4 is 17.7 Å². The minimum absolute atomic E-state index is 0.169. The Kier molecular flexibility index (Phi) is 2.93. The fourth-order valence-electron chi connectivity index (χ4n) is 2.68. The van der Waals surface area contributed by atoms with E-state index in [2.05, 4.69) is 5.32 Å². The Hall–Kier alpha value is -2.37. The van der Waals surface area contributed by atoms with Gasteiger partial charge in [-0.3, -0.25) is 19.7 Å². The van der Waals surface area contributed by atoms with Crippen molar-refractivity contribution in [3.8, 4) is 5.75 Å². The Morgan fingerprint density at radius 2 is 2.10 bits per heavy atom. The second kappa shape index (κ2) is 4.63. The van der Waals surface area contributed by atoms with E-state index in [9.17, 15) is 14.4 Å². The molecule has 2 aliphatic heterocycles. The smallest absolute Gasteiger partial charge is 0.255 e. The predicted octanol–water partition coefficient (Wildman–Crippen LogP) is 0.456. The summed E-state index contributed by atoms with van der Waals surface area (Å²) in [7, 11) is 1.57. The number of nitrogens with one attached hydrogen (secondary N) is 1. The highest BCUT2D eigenvalue weighted by Crippen LogP contribution is 2.29. The van der Waals surface area contributed by atoms with E-state index in [1.54, 1.807) is 25.3 Å². The summed E-state index contributed by atoms with van der Waals surface area (Å²) >= 11 is 0. The number of hydrogen-bond donors (Lipinski definition) is 1. The second-order valence-electron chi connectivity index (χ2n) is 4.92. The van der Waals surface area contributed by atoms with Gasteiger partial charge >= 0.3 is 0 Å². The van der Waals surface area contributed by atoms with Crippen molar-refractivity contribution in [2.45, 2.75) is 25.4 Å². The lowest BCUT2D eigenvalue weighted by atomic mass is 10.0. The van der Waals surface area contributed by atoms with Crippen LogP contribution in [0.1, 0.15) is 28.8 Å². The van der Waals surface area contributed by atoms with E-state index in [4.69, 9.17) is 4.74 Å². The molecule has 2 heterocycles. The molecule has 0 spiro atoms. The summed E-state index contributed by atoms with van der Waals surface area (Å²) in [4.78, 5) is 36.9. The highest BCUT2D eigenvalue weighted by Gasteiger charge is 2.39. The minimum Gasteiger partial charge on any atom is -0.497 e. The number of methoxy groups -OCH3 is 1. The molecule has 6 heteroatoms. The Morgan fingerprint density at radius 1 is 1.30 bits per heavy atom. The monoisotopic (exact) mass is 274 g/mol. The van der Waals surface area contributed by atoms with Gasteiger partial charge in [-0.05, 0) is 30.2 Å². The zero-order chi connectivity index (χ0) is 14.3. The molecule has 0 radical (unpaired) electrons. The lowest BCUT2D eigenvalue weighted by molar-refractivity contribution is -0.136. The van der Waals surface area contributed by atoms with Gasteiger partial charge in [0.05, 0.1) is 7.11 Å². The van der Waals surface area contributed by atoms with Gasteiger partial charge < -0.3 is 9.64 Å². The van der Waals surface area contributed by atoms with Crippen molar-refractivity contribution in [2.75, 3.05) is 7.11 Å². The molecule has 0 aromatic heterocycles. The SMILES string of the molecule is COc1ccc2c(c1)CN([C@H]1CCC(=O)NC1=O)C2=O. The number of carbonyl (C=O) groups is 3. The van der Waals surface area contributed by atoms with E-state index in [-0.39, 0.29) is 18.2 Å². The van der Waals surface area contributed by atoms with Crippen LogP contribution in [0.5, 0.6) is 5.75 Å². The lowest BCUT2D eigenvalue weighted by Gasteiger charge is -2.29. The number of imide groups is 1. The maximum Gasteiger partial charge on any atom is 0.255 e. The van der Waals surface area contributed by atoms with Gasteiger partial charge in [-0.25, -0.2) is 0 Å². The van der Waals surface area contributed by atoms with Gasteiger partial charge in [-0.2, -0.15) is 0 Å². The Morgan fingerprint density at radius 3 is 2.80 bits per heavy atom. The van der Waals surface area contributed by atoms with Crippen LogP contribution in [0.25, 0.3) is 0 Å². The van der Waals surface area contributed by atoms with Crippen molar-refractivity contribution in [2.24, 2.45) is 0 Å². The van der Waals surface area contributed by atoms with Gasteiger partial charge in [0.1, 0.15) is 11.8 Å². The Balaban J connectivity index is 1.86. The molecular formula is C14H14N2O4. The number of benzene rings is 1. The summed E-state index contributed by atoms with van der Waals surface area (Å²) in [5, 5.41) is 2.28. The molecule has 1 aromatic rings. The van der Waals surface area contributed by atoms with Gasteiger partial charge in [0, 0.05) is 18.5 Å². The number of piperidine rings is 1. The summed E-state index contributed by atoms with van der Waals surface area (Å²) < 4.78 is 5.14. The molecule has 0 saturated carbocycles. The molecule has 1 saturated heterocycles. The van der Waals surface area contributed by atoms with E-state index in [0.29, 0.717) is 24.3 Å². The lowest BCUT2D eigenvalue weighted by Crippen LogP contribution is -2.52. The molecule has 1 aromatic carbocycles. The molecule has 0 unspecified atom stereocenters. The molecular weight excluding hydrogens is 260 g/mol. The molecule has 6 nitrogen and oxygen atoms in total. The standard InChI is InChI=1S/C14H14N2O4/c1-20-9-2-3-10-8(6-9)7-16(14(10)19)11-4-5-12(17)15-13(11)18/h2-3,6,11H,4-5,7H2,1H3,(H,15,17,18)/t11-/m0/s1. The number of ether oxygens (including phenoxy) is 1. The van der Waals surface area contributed by atoms with Gasteiger partial charge in [-0.1, -0.05) is 0 Å². The highest BCUT2D eigenvalue weighted by molar-refractivity contribution is 6.05. The predicted molar refractivity (Wildman–Crippen MR) is 69.0 cm³/mol. The van der Waals surface area contributed by atoms with Crippen LogP contribution >= 0.6 is 0 Å². The van der Waals surface area contributed by atoms with Crippen LogP contribution in [0, 0.1) is 0 Å². The maximum absolute atomic E-state index is 12.3. The molecule has 1 N–H and O–H groups in total. The number of amides is 3.